The molecule has 0 atom stereocenters. The lowest BCUT2D eigenvalue weighted by Gasteiger charge is -2.10. The Hall–Kier alpha value is -1.61. The average molecular weight is 498 g/mol. The van der Waals surface area contributed by atoms with E-state index in [-0.39, 0.29) is 24.0 Å². The summed E-state index contributed by atoms with van der Waals surface area (Å²) in [4.78, 5) is 8.90. The van der Waals surface area contributed by atoms with Crippen LogP contribution in [0.15, 0.2) is 39.9 Å². The van der Waals surface area contributed by atoms with Crippen LogP contribution in [-0.4, -0.2) is 37.2 Å². The van der Waals surface area contributed by atoms with E-state index in [1.54, 1.807) is 6.20 Å². The van der Waals surface area contributed by atoms with E-state index >= 15 is 0 Å². The second-order valence-corrected chi connectivity index (χ2v) is 6.98. The minimum atomic E-state index is 0. The molecule has 154 valence electrons. The van der Waals surface area contributed by atoms with Gasteiger partial charge in [-0.3, -0.25) is 0 Å². The summed E-state index contributed by atoms with van der Waals surface area (Å²) in [7, 11) is 0. The van der Waals surface area contributed by atoms with E-state index < -0.39 is 0 Å². The summed E-state index contributed by atoms with van der Waals surface area (Å²) in [5, 5.41) is 6.57. The molecular formula is C21H31IN4O2. The van der Waals surface area contributed by atoms with Crippen molar-refractivity contribution in [2.75, 3.05) is 26.3 Å². The minimum absolute atomic E-state index is 0. The van der Waals surface area contributed by atoms with Crippen molar-refractivity contribution >= 4 is 29.9 Å². The third kappa shape index (κ3) is 7.79. The predicted molar refractivity (Wildman–Crippen MR) is 123 cm³/mol. The van der Waals surface area contributed by atoms with Gasteiger partial charge in [-0.2, -0.15) is 0 Å². The standard InChI is InChI=1S/C21H30N4O2.HI/c1-3-22-21(23-11-4-12-26-15-17-7-8-17)25-14-20-24-13-19(27-20)18-9-5-16(2)6-10-18;/h5-6,9-10,13,17H,3-4,7-8,11-12,14-15H2,1-2H3,(H2,22,23,25);1H. The highest BCUT2D eigenvalue weighted by molar-refractivity contribution is 14.0. The summed E-state index contributed by atoms with van der Waals surface area (Å²) in [5.74, 6) is 2.97. The highest BCUT2D eigenvalue weighted by Crippen LogP contribution is 2.28. The van der Waals surface area contributed by atoms with Crippen molar-refractivity contribution in [1.29, 1.82) is 0 Å². The summed E-state index contributed by atoms with van der Waals surface area (Å²) in [6.07, 6.45) is 5.39. The molecule has 7 heteroatoms. The van der Waals surface area contributed by atoms with Crippen LogP contribution in [0.2, 0.25) is 0 Å². The summed E-state index contributed by atoms with van der Waals surface area (Å²) < 4.78 is 11.5. The smallest absolute Gasteiger partial charge is 0.216 e. The maximum Gasteiger partial charge on any atom is 0.216 e. The minimum Gasteiger partial charge on any atom is -0.439 e. The molecule has 0 saturated heterocycles. The van der Waals surface area contributed by atoms with Crippen LogP contribution in [0.3, 0.4) is 0 Å². The Bertz CT molecular complexity index is 726. The normalized spacial score (nSPS) is 13.9. The summed E-state index contributed by atoms with van der Waals surface area (Å²) >= 11 is 0. The van der Waals surface area contributed by atoms with E-state index in [2.05, 4.69) is 46.6 Å². The molecule has 0 amide bonds. The SMILES string of the molecule is CCNC(=NCc1ncc(-c2ccc(C)cc2)o1)NCCCOCC1CC1.I. The fourth-order valence-electron chi connectivity index (χ4n) is 2.64. The van der Waals surface area contributed by atoms with Gasteiger partial charge in [0.1, 0.15) is 6.54 Å². The number of nitrogens with zero attached hydrogens (tertiary/aromatic N) is 2. The number of hydrogen-bond donors (Lipinski definition) is 2. The number of oxazole rings is 1. The molecule has 0 aliphatic heterocycles. The second-order valence-electron chi connectivity index (χ2n) is 6.98. The first-order chi connectivity index (χ1) is 13.2. The Morgan fingerprint density at radius 3 is 2.75 bits per heavy atom. The van der Waals surface area contributed by atoms with Crippen LogP contribution >= 0.6 is 24.0 Å². The van der Waals surface area contributed by atoms with Crippen LogP contribution in [0, 0.1) is 12.8 Å². The first-order valence-electron chi connectivity index (χ1n) is 9.86. The van der Waals surface area contributed by atoms with E-state index in [4.69, 9.17) is 9.15 Å². The molecule has 6 nitrogen and oxygen atoms in total. The van der Waals surface area contributed by atoms with Gasteiger partial charge in [0.2, 0.25) is 5.89 Å². The molecule has 1 saturated carbocycles. The second kappa shape index (κ2) is 12.1. The monoisotopic (exact) mass is 498 g/mol. The van der Waals surface area contributed by atoms with Gasteiger partial charge in [-0.15, -0.1) is 24.0 Å². The highest BCUT2D eigenvalue weighted by atomic mass is 127. The summed E-state index contributed by atoms with van der Waals surface area (Å²) in [5.41, 5.74) is 2.25. The lowest BCUT2D eigenvalue weighted by Crippen LogP contribution is -2.38. The molecular weight excluding hydrogens is 467 g/mol. The summed E-state index contributed by atoms with van der Waals surface area (Å²) in [6, 6.07) is 8.22. The van der Waals surface area contributed by atoms with Crippen LogP contribution in [0.5, 0.6) is 0 Å². The van der Waals surface area contributed by atoms with Crippen molar-refractivity contribution in [2.45, 2.75) is 39.7 Å². The fourth-order valence-corrected chi connectivity index (χ4v) is 2.64. The topological polar surface area (TPSA) is 71.7 Å². The Kier molecular flexibility index (Phi) is 9.77. The van der Waals surface area contributed by atoms with Crippen molar-refractivity contribution in [3.8, 4) is 11.3 Å². The van der Waals surface area contributed by atoms with E-state index in [1.807, 2.05) is 12.1 Å². The number of halogens is 1. The van der Waals surface area contributed by atoms with Crippen LogP contribution in [0.4, 0.5) is 0 Å². The van der Waals surface area contributed by atoms with Crippen LogP contribution in [0.1, 0.15) is 37.6 Å². The fraction of sp³-hybridized carbons (Fsp3) is 0.524. The van der Waals surface area contributed by atoms with E-state index in [0.717, 1.165) is 55.9 Å². The molecule has 1 heterocycles. The molecule has 2 N–H and O–H groups in total. The van der Waals surface area contributed by atoms with Crippen molar-refractivity contribution in [3.63, 3.8) is 0 Å². The van der Waals surface area contributed by atoms with Crippen molar-refractivity contribution in [1.82, 2.24) is 15.6 Å². The van der Waals surface area contributed by atoms with Gasteiger partial charge in [0.25, 0.3) is 0 Å². The largest absolute Gasteiger partial charge is 0.439 e. The van der Waals surface area contributed by atoms with Gasteiger partial charge in [0.05, 0.1) is 6.20 Å². The number of benzene rings is 1. The lowest BCUT2D eigenvalue weighted by molar-refractivity contribution is 0.123. The first kappa shape index (κ1) is 22.7. The molecule has 1 aromatic carbocycles. The predicted octanol–water partition coefficient (Wildman–Crippen LogP) is 4.14. The van der Waals surface area contributed by atoms with Crippen molar-refractivity contribution < 1.29 is 9.15 Å². The number of guanidine groups is 1. The van der Waals surface area contributed by atoms with Gasteiger partial charge in [-0.05, 0) is 39.0 Å². The van der Waals surface area contributed by atoms with Crippen LogP contribution in [-0.2, 0) is 11.3 Å². The Morgan fingerprint density at radius 2 is 2.04 bits per heavy atom. The number of rotatable bonds is 10. The Morgan fingerprint density at radius 1 is 1.25 bits per heavy atom. The molecule has 1 fully saturated rings. The molecule has 1 aliphatic rings. The molecule has 1 aromatic heterocycles. The highest BCUT2D eigenvalue weighted by Gasteiger charge is 2.20. The van der Waals surface area contributed by atoms with Gasteiger partial charge < -0.3 is 19.8 Å². The quantitative estimate of drug-likeness (QED) is 0.223. The number of aliphatic imine (C=N–C) groups is 1. The molecule has 0 radical (unpaired) electrons. The maximum absolute atomic E-state index is 5.83. The third-order valence-corrected chi connectivity index (χ3v) is 4.41. The Balaban J connectivity index is 0.00000280. The molecule has 0 bridgehead atoms. The lowest BCUT2D eigenvalue weighted by atomic mass is 10.1. The van der Waals surface area contributed by atoms with Gasteiger partial charge in [0, 0.05) is 31.9 Å². The average Bonchev–Trinajstić information content (AvgIpc) is 3.38. The van der Waals surface area contributed by atoms with E-state index in [1.165, 1.54) is 18.4 Å². The van der Waals surface area contributed by atoms with Gasteiger partial charge in [0.15, 0.2) is 11.7 Å². The zero-order valence-electron chi connectivity index (χ0n) is 16.7. The number of nitrogens with one attached hydrogen (secondary N) is 2. The summed E-state index contributed by atoms with van der Waals surface area (Å²) in [6.45, 7) is 7.87. The molecule has 3 rings (SSSR count). The van der Waals surface area contributed by atoms with Gasteiger partial charge in [-0.1, -0.05) is 29.8 Å². The zero-order valence-corrected chi connectivity index (χ0v) is 19.1. The maximum atomic E-state index is 5.83. The number of ether oxygens (including phenoxy) is 1. The number of aromatic nitrogens is 1. The van der Waals surface area contributed by atoms with Crippen molar-refractivity contribution in [3.05, 3.63) is 41.9 Å². The molecule has 2 aromatic rings. The van der Waals surface area contributed by atoms with Crippen LogP contribution in [0.25, 0.3) is 11.3 Å². The van der Waals surface area contributed by atoms with Gasteiger partial charge in [-0.25, -0.2) is 9.98 Å². The molecule has 0 spiro atoms. The Labute approximate surface area is 184 Å². The van der Waals surface area contributed by atoms with Crippen molar-refractivity contribution in [2.24, 2.45) is 10.9 Å². The number of aryl methyl sites for hydroxylation is 1. The van der Waals surface area contributed by atoms with E-state index in [0.29, 0.717) is 12.4 Å². The van der Waals surface area contributed by atoms with E-state index in [9.17, 15) is 0 Å². The molecule has 0 unspecified atom stereocenters. The number of hydrogen-bond acceptors (Lipinski definition) is 4. The molecule has 28 heavy (non-hydrogen) atoms. The van der Waals surface area contributed by atoms with Gasteiger partial charge >= 0.3 is 0 Å². The molecule has 1 aliphatic carbocycles. The third-order valence-electron chi connectivity index (χ3n) is 4.41. The van der Waals surface area contributed by atoms with Crippen LogP contribution < -0.4 is 10.6 Å². The first-order valence-corrected chi connectivity index (χ1v) is 9.86. The zero-order chi connectivity index (χ0) is 18.9.